The summed E-state index contributed by atoms with van der Waals surface area (Å²) in [6, 6.07) is 8.52. The van der Waals surface area contributed by atoms with Crippen LogP contribution in [0.3, 0.4) is 0 Å². The van der Waals surface area contributed by atoms with Gasteiger partial charge in [-0.1, -0.05) is 24.3 Å². The number of aliphatic hydroxyl groups is 1. The van der Waals surface area contributed by atoms with Crippen molar-refractivity contribution >= 4 is 0 Å². The monoisotopic (exact) mass is 404 g/mol. The third kappa shape index (κ3) is 4.51. The lowest BCUT2D eigenvalue weighted by Crippen LogP contribution is -2.15. The highest BCUT2D eigenvalue weighted by Crippen LogP contribution is 2.40. The lowest BCUT2D eigenvalue weighted by Gasteiger charge is -2.29. The van der Waals surface area contributed by atoms with Crippen LogP contribution in [-0.4, -0.2) is 11.7 Å². The summed E-state index contributed by atoms with van der Waals surface area (Å²) in [4.78, 5) is 0. The second kappa shape index (κ2) is 8.49. The minimum atomic E-state index is -1.03. The Hall–Kier alpha value is -1.85. The minimum Gasteiger partial charge on any atom is -0.389 e. The van der Waals surface area contributed by atoms with Crippen LogP contribution in [0.4, 0.5) is 13.2 Å². The van der Waals surface area contributed by atoms with Gasteiger partial charge >= 0.3 is 0 Å². The van der Waals surface area contributed by atoms with Gasteiger partial charge in [0, 0.05) is 5.56 Å². The molecule has 5 heteroatoms. The van der Waals surface area contributed by atoms with Gasteiger partial charge in [0.1, 0.15) is 11.9 Å². The van der Waals surface area contributed by atoms with Crippen molar-refractivity contribution in [3.05, 3.63) is 70.0 Å². The van der Waals surface area contributed by atoms with Crippen LogP contribution in [0.2, 0.25) is 0 Å². The minimum absolute atomic E-state index is 0.00643. The molecule has 2 aromatic rings. The second-order valence-corrected chi connectivity index (χ2v) is 8.48. The molecule has 0 bridgehead atoms. The summed E-state index contributed by atoms with van der Waals surface area (Å²) in [5, 5.41) is 9.50. The summed E-state index contributed by atoms with van der Waals surface area (Å²) < 4.78 is 48.0. The van der Waals surface area contributed by atoms with E-state index in [0.29, 0.717) is 24.5 Å². The summed E-state index contributed by atoms with van der Waals surface area (Å²) in [7, 11) is 0. The van der Waals surface area contributed by atoms with Crippen LogP contribution < -0.4 is 0 Å². The van der Waals surface area contributed by atoms with Gasteiger partial charge < -0.3 is 9.84 Å². The predicted molar refractivity (Wildman–Crippen MR) is 105 cm³/mol. The number of benzene rings is 2. The fourth-order valence-corrected chi connectivity index (χ4v) is 4.56. The summed E-state index contributed by atoms with van der Waals surface area (Å²) in [5.74, 6) is -1.28. The van der Waals surface area contributed by atoms with Crippen LogP contribution in [-0.2, 0) is 11.2 Å². The van der Waals surface area contributed by atoms with Crippen molar-refractivity contribution < 1.29 is 23.0 Å². The van der Waals surface area contributed by atoms with E-state index in [0.717, 1.165) is 43.2 Å². The van der Waals surface area contributed by atoms with Gasteiger partial charge in [-0.15, -0.1) is 0 Å². The van der Waals surface area contributed by atoms with Gasteiger partial charge in [-0.05, 0) is 80.0 Å². The molecule has 1 N–H and O–H groups in total. The molecule has 2 aliphatic rings. The topological polar surface area (TPSA) is 32.8 Å². The number of halogens is 3. The zero-order valence-electron chi connectivity index (χ0n) is 16.6. The Morgan fingerprint density at radius 2 is 1.76 bits per heavy atom. The molecule has 29 heavy (non-hydrogen) atoms. The van der Waals surface area contributed by atoms with Gasteiger partial charge in [0.15, 0.2) is 11.6 Å². The molecule has 156 valence electrons. The summed E-state index contributed by atoms with van der Waals surface area (Å²) in [6.45, 7) is 2.10. The predicted octanol–water partition coefficient (Wildman–Crippen LogP) is 6.14. The van der Waals surface area contributed by atoms with E-state index in [1.54, 1.807) is 12.1 Å². The van der Waals surface area contributed by atoms with Gasteiger partial charge in [0.05, 0.1) is 12.7 Å². The first-order valence-corrected chi connectivity index (χ1v) is 10.5. The Morgan fingerprint density at radius 1 is 1.03 bits per heavy atom. The molecule has 0 radical (unpaired) electrons. The quantitative estimate of drug-likeness (QED) is 0.587. The highest BCUT2D eigenvalue weighted by molar-refractivity contribution is 5.30. The maximum Gasteiger partial charge on any atom is 0.164 e. The Kier molecular flexibility index (Phi) is 5.98. The molecule has 1 aliphatic carbocycles. The maximum atomic E-state index is 14.5. The standard InChI is InChI=1S/C24H27F3O2/c1-14(28)19-10-8-17(23(26)24(19)27)7-4-15-2-5-16(6-3-15)20-11-9-18(12-21(20)25)22-13-29-22/h8-12,14-16,22,28H,2-7,13H2,1H3. The Bertz CT molecular complexity index is 869. The zero-order chi connectivity index (χ0) is 20.5. The lowest BCUT2D eigenvalue weighted by molar-refractivity contribution is 0.192. The molecule has 1 aliphatic heterocycles. The van der Waals surface area contributed by atoms with Gasteiger partial charge in [0.25, 0.3) is 0 Å². The Morgan fingerprint density at radius 3 is 2.38 bits per heavy atom. The average Bonchev–Trinajstić information content (AvgIpc) is 3.55. The van der Waals surface area contributed by atoms with Crippen LogP contribution in [0.1, 0.15) is 79.4 Å². The number of aryl methyl sites for hydroxylation is 1. The fraction of sp³-hybridized carbons (Fsp3) is 0.500. The largest absolute Gasteiger partial charge is 0.389 e. The van der Waals surface area contributed by atoms with E-state index in [-0.39, 0.29) is 23.4 Å². The molecule has 1 saturated carbocycles. The van der Waals surface area contributed by atoms with Crippen molar-refractivity contribution in [2.24, 2.45) is 5.92 Å². The van der Waals surface area contributed by atoms with Crippen molar-refractivity contribution in [2.45, 2.75) is 63.6 Å². The van der Waals surface area contributed by atoms with E-state index in [2.05, 4.69) is 0 Å². The van der Waals surface area contributed by atoms with E-state index < -0.39 is 17.7 Å². The fourth-order valence-electron chi connectivity index (χ4n) is 4.56. The van der Waals surface area contributed by atoms with Crippen molar-refractivity contribution in [1.29, 1.82) is 0 Å². The highest BCUT2D eigenvalue weighted by atomic mass is 19.2. The molecule has 2 atom stereocenters. The van der Waals surface area contributed by atoms with E-state index in [9.17, 15) is 18.3 Å². The number of rotatable bonds is 6. The van der Waals surface area contributed by atoms with Crippen molar-refractivity contribution in [2.75, 3.05) is 6.61 Å². The van der Waals surface area contributed by atoms with Crippen LogP contribution in [0.25, 0.3) is 0 Å². The number of hydrogen-bond donors (Lipinski definition) is 1. The third-order valence-corrected chi connectivity index (χ3v) is 6.48. The first kappa shape index (κ1) is 20.4. The van der Waals surface area contributed by atoms with Crippen molar-refractivity contribution in [3.8, 4) is 0 Å². The number of aliphatic hydroxyl groups excluding tert-OH is 1. The van der Waals surface area contributed by atoms with Gasteiger partial charge in [-0.2, -0.15) is 0 Å². The summed E-state index contributed by atoms with van der Waals surface area (Å²) in [6.07, 6.45) is 4.06. The summed E-state index contributed by atoms with van der Waals surface area (Å²) in [5.41, 5.74) is 2.05. The lowest BCUT2D eigenvalue weighted by atomic mass is 9.76. The zero-order valence-corrected chi connectivity index (χ0v) is 16.6. The van der Waals surface area contributed by atoms with Crippen LogP contribution >= 0.6 is 0 Å². The third-order valence-electron chi connectivity index (χ3n) is 6.48. The van der Waals surface area contributed by atoms with E-state index in [1.807, 2.05) is 12.1 Å². The van der Waals surface area contributed by atoms with Crippen LogP contribution in [0, 0.1) is 23.4 Å². The number of hydrogen-bond acceptors (Lipinski definition) is 2. The summed E-state index contributed by atoms with van der Waals surface area (Å²) >= 11 is 0. The van der Waals surface area contributed by atoms with Crippen molar-refractivity contribution in [3.63, 3.8) is 0 Å². The first-order valence-electron chi connectivity index (χ1n) is 10.5. The number of epoxide rings is 1. The Balaban J connectivity index is 1.32. The second-order valence-electron chi connectivity index (χ2n) is 8.48. The van der Waals surface area contributed by atoms with Crippen molar-refractivity contribution in [1.82, 2.24) is 0 Å². The molecule has 2 fully saturated rings. The molecule has 2 unspecified atom stereocenters. The van der Waals surface area contributed by atoms with Gasteiger partial charge in [0.2, 0.25) is 0 Å². The molecular formula is C24H27F3O2. The SMILES string of the molecule is CC(O)c1ccc(CCC2CCC(c3ccc(C4CO4)cc3F)CC2)c(F)c1F. The first-order chi connectivity index (χ1) is 13.9. The van der Waals surface area contributed by atoms with E-state index in [1.165, 1.54) is 13.0 Å². The molecule has 1 heterocycles. The number of ether oxygens (including phenoxy) is 1. The van der Waals surface area contributed by atoms with E-state index in [4.69, 9.17) is 4.74 Å². The molecular weight excluding hydrogens is 377 g/mol. The van der Waals surface area contributed by atoms with E-state index >= 15 is 0 Å². The van der Waals surface area contributed by atoms with Crippen LogP contribution in [0.15, 0.2) is 30.3 Å². The maximum absolute atomic E-state index is 14.5. The molecule has 2 aromatic carbocycles. The van der Waals surface area contributed by atoms with Crippen LogP contribution in [0.5, 0.6) is 0 Å². The Labute approximate surface area is 169 Å². The molecule has 2 nitrogen and oxygen atoms in total. The molecule has 1 saturated heterocycles. The van der Waals surface area contributed by atoms with Gasteiger partial charge in [-0.25, -0.2) is 13.2 Å². The molecule has 0 spiro atoms. The average molecular weight is 404 g/mol. The molecule has 0 amide bonds. The highest BCUT2D eigenvalue weighted by Gasteiger charge is 2.28. The normalized spacial score (nSPS) is 25.1. The molecule has 0 aromatic heterocycles. The molecule has 4 rings (SSSR count). The van der Waals surface area contributed by atoms with Gasteiger partial charge in [-0.3, -0.25) is 0 Å². The smallest absolute Gasteiger partial charge is 0.164 e.